The van der Waals surface area contributed by atoms with Crippen LogP contribution in [-0.2, 0) is 16.9 Å². The van der Waals surface area contributed by atoms with Gasteiger partial charge in [0.2, 0.25) is 5.89 Å². The van der Waals surface area contributed by atoms with Gasteiger partial charge in [0.15, 0.2) is 11.3 Å². The van der Waals surface area contributed by atoms with E-state index in [2.05, 4.69) is 10.3 Å². The van der Waals surface area contributed by atoms with Gasteiger partial charge in [-0.1, -0.05) is 41.9 Å². The maximum Gasteiger partial charge on any atom is 0.325 e. The predicted octanol–water partition coefficient (Wildman–Crippen LogP) is 3.72. The molecule has 0 bridgehead atoms. The van der Waals surface area contributed by atoms with Gasteiger partial charge >= 0.3 is 6.03 Å². The number of hydrogen-bond acceptors (Lipinski definition) is 5. The summed E-state index contributed by atoms with van der Waals surface area (Å²) in [5.41, 5.74) is 0.316. The third-order valence-electron chi connectivity index (χ3n) is 5.21. The van der Waals surface area contributed by atoms with Gasteiger partial charge in [-0.25, -0.2) is 9.78 Å². The summed E-state index contributed by atoms with van der Waals surface area (Å²) < 4.78 is 11.4. The summed E-state index contributed by atoms with van der Waals surface area (Å²) in [6.45, 7) is 0.283. The zero-order valence-corrected chi connectivity index (χ0v) is 16.0. The quantitative estimate of drug-likeness (QED) is 0.666. The minimum Gasteiger partial charge on any atom is -0.493 e. The normalized spacial score (nSPS) is 20.5. The topological polar surface area (TPSA) is 84.7 Å². The molecule has 29 heavy (non-hydrogen) atoms. The van der Waals surface area contributed by atoms with E-state index in [-0.39, 0.29) is 18.3 Å². The van der Waals surface area contributed by atoms with Crippen molar-refractivity contribution in [3.8, 4) is 17.1 Å². The number of halogens is 1. The average molecular weight is 410 g/mol. The Bertz CT molecular complexity index is 1130. The van der Waals surface area contributed by atoms with Crippen molar-refractivity contribution in [3.05, 3.63) is 71.2 Å². The minimum absolute atomic E-state index is 0.0595. The first-order chi connectivity index (χ1) is 14.1. The molecule has 3 aromatic rings. The van der Waals surface area contributed by atoms with Crippen molar-refractivity contribution in [1.82, 2.24) is 15.2 Å². The Kier molecular flexibility index (Phi) is 4.06. The van der Waals surface area contributed by atoms with Gasteiger partial charge in [0.25, 0.3) is 5.91 Å². The molecular weight excluding hydrogens is 394 g/mol. The first-order valence-electron chi connectivity index (χ1n) is 9.14. The SMILES string of the molecule is O=C1NC2(CCOc3ccccc32)C(=O)N1Cc1ncc(-c2cccc(Cl)c2)o1. The lowest BCUT2D eigenvalue weighted by molar-refractivity contribution is -0.133. The van der Waals surface area contributed by atoms with Gasteiger partial charge in [0.05, 0.1) is 12.8 Å². The summed E-state index contributed by atoms with van der Waals surface area (Å²) in [4.78, 5) is 31.3. The number of fused-ring (bicyclic) bond motifs is 2. The molecule has 3 heterocycles. The molecule has 1 fully saturated rings. The maximum absolute atomic E-state index is 13.3. The predicted molar refractivity (Wildman–Crippen MR) is 104 cm³/mol. The molecule has 8 heteroatoms. The van der Waals surface area contributed by atoms with Crippen LogP contribution >= 0.6 is 11.6 Å². The molecule has 1 aromatic heterocycles. The van der Waals surface area contributed by atoms with E-state index in [1.54, 1.807) is 30.5 Å². The van der Waals surface area contributed by atoms with Gasteiger partial charge < -0.3 is 14.5 Å². The molecule has 1 spiro atoms. The van der Waals surface area contributed by atoms with Crippen molar-refractivity contribution in [2.24, 2.45) is 0 Å². The van der Waals surface area contributed by atoms with Crippen LogP contribution in [-0.4, -0.2) is 28.4 Å². The van der Waals surface area contributed by atoms with Crippen LogP contribution < -0.4 is 10.1 Å². The summed E-state index contributed by atoms with van der Waals surface area (Å²) in [6.07, 6.45) is 1.92. The molecule has 1 unspecified atom stereocenters. The Morgan fingerprint density at radius 1 is 1.17 bits per heavy atom. The molecular formula is C21H16ClN3O4. The van der Waals surface area contributed by atoms with Crippen LogP contribution in [0.3, 0.4) is 0 Å². The van der Waals surface area contributed by atoms with E-state index in [9.17, 15) is 9.59 Å². The highest BCUT2D eigenvalue weighted by Crippen LogP contribution is 2.41. The number of amides is 3. The second-order valence-corrected chi connectivity index (χ2v) is 7.39. The highest BCUT2D eigenvalue weighted by atomic mass is 35.5. The summed E-state index contributed by atoms with van der Waals surface area (Å²) in [7, 11) is 0. The number of para-hydroxylation sites is 1. The first-order valence-corrected chi connectivity index (χ1v) is 9.52. The fraction of sp³-hybridized carbons (Fsp3) is 0.190. The largest absolute Gasteiger partial charge is 0.493 e. The molecule has 0 radical (unpaired) electrons. The molecule has 0 saturated carbocycles. The number of oxazole rings is 1. The molecule has 1 atom stereocenters. The lowest BCUT2D eigenvalue weighted by Crippen LogP contribution is -2.47. The van der Waals surface area contributed by atoms with Gasteiger partial charge in [0, 0.05) is 22.6 Å². The van der Waals surface area contributed by atoms with Crippen molar-refractivity contribution in [2.75, 3.05) is 6.61 Å². The maximum atomic E-state index is 13.3. The summed E-state index contributed by atoms with van der Waals surface area (Å²) in [6, 6.07) is 14.0. The molecule has 146 valence electrons. The third kappa shape index (κ3) is 2.86. The molecule has 3 amide bonds. The lowest BCUT2D eigenvalue weighted by Gasteiger charge is -2.33. The van der Waals surface area contributed by atoms with Crippen molar-refractivity contribution in [3.63, 3.8) is 0 Å². The third-order valence-corrected chi connectivity index (χ3v) is 5.45. The van der Waals surface area contributed by atoms with Gasteiger partial charge in [-0.3, -0.25) is 9.69 Å². The Hall–Kier alpha value is -3.32. The molecule has 2 aromatic carbocycles. The van der Waals surface area contributed by atoms with Crippen molar-refractivity contribution in [2.45, 2.75) is 18.5 Å². The molecule has 0 aliphatic carbocycles. The van der Waals surface area contributed by atoms with Gasteiger partial charge in [0.1, 0.15) is 12.3 Å². The number of benzene rings is 2. The number of aromatic nitrogens is 1. The van der Waals surface area contributed by atoms with Crippen LogP contribution in [0.25, 0.3) is 11.3 Å². The Morgan fingerprint density at radius 2 is 2.03 bits per heavy atom. The number of ether oxygens (including phenoxy) is 1. The molecule has 1 N–H and O–H groups in total. The number of hydrogen-bond donors (Lipinski definition) is 1. The van der Waals surface area contributed by atoms with Crippen LogP contribution in [0.5, 0.6) is 5.75 Å². The van der Waals surface area contributed by atoms with E-state index in [1.807, 2.05) is 24.3 Å². The second-order valence-electron chi connectivity index (χ2n) is 6.95. The number of nitrogens with one attached hydrogen (secondary N) is 1. The minimum atomic E-state index is -1.12. The zero-order valence-electron chi connectivity index (χ0n) is 15.2. The number of carbonyl (C=O) groups is 2. The highest BCUT2D eigenvalue weighted by molar-refractivity contribution is 6.30. The summed E-state index contributed by atoms with van der Waals surface area (Å²) in [5.74, 6) is 1.05. The van der Waals surface area contributed by atoms with Gasteiger partial charge in [-0.2, -0.15) is 0 Å². The van der Waals surface area contributed by atoms with Crippen LogP contribution in [0.1, 0.15) is 17.9 Å². The molecule has 5 rings (SSSR count). The second kappa shape index (κ2) is 6.63. The number of nitrogens with zero attached hydrogens (tertiary/aromatic N) is 2. The zero-order chi connectivity index (χ0) is 20.0. The number of carbonyl (C=O) groups excluding carboxylic acids is 2. The van der Waals surface area contributed by atoms with Gasteiger partial charge in [-0.05, 0) is 18.2 Å². The van der Waals surface area contributed by atoms with E-state index < -0.39 is 11.6 Å². The molecule has 1 saturated heterocycles. The number of rotatable bonds is 3. The van der Waals surface area contributed by atoms with E-state index in [0.717, 1.165) is 10.5 Å². The van der Waals surface area contributed by atoms with Crippen LogP contribution in [0.15, 0.2) is 59.1 Å². The Labute approximate surface area is 171 Å². The number of imide groups is 1. The molecule has 2 aliphatic heterocycles. The standard InChI is InChI=1S/C21H16ClN3O4/c22-14-5-3-4-13(10-14)17-11-23-18(29-17)12-25-19(26)21(24-20(25)27)8-9-28-16-7-2-1-6-15(16)21/h1-7,10-11H,8-9,12H2,(H,24,27). The van der Waals surface area contributed by atoms with Crippen LogP contribution in [0.4, 0.5) is 4.79 Å². The van der Waals surface area contributed by atoms with E-state index >= 15 is 0 Å². The summed E-state index contributed by atoms with van der Waals surface area (Å²) >= 11 is 6.02. The van der Waals surface area contributed by atoms with Crippen molar-refractivity contribution < 1.29 is 18.7 Å². The highest BCUT2D eigenvalue weighted by Gasteiger charge is 2.55. The number of urea groups is 1. The first kappa shape index (κ1) is 17.8. The lowest BCUT2D eigenvalue weighted by atomic mass is 9.84. The van der Waals surface area contributed by atoms with E-state index in [1.165, 1.54) is 0 Å². The van der Waals surface area contributed by atoms with Crippen molar-refractivity contribution >= 4 is 23.5 Å². The van der Waals surface area contributed by atoms with Gasteiger partial charge in [-0.15, -0.1) is 0 Å². The van der Waals surface area contributed by atoms with Crippen LogP contribution in [0, 0.1) is 0 Å². The van der Waals surface area contributed by atoms with E-state index in [0.29, 0.717) is 35.1 Å². The summed E-state index contributed by atoms with van der Waals surface area (Å²) in [5, 5.41) is 3.44. The molecule has 7 nitrogen and oxygen atoms in total. The Balaban J connectivity index is 1.43. The van der Waals surface area contributed by atoms with E-state index in [4.69, 9.17) is 20.8 Å². The Morgan fingerprint density at radius 3 is 2.90 bits per heavy atom. The monoisotopic (exact) mass is 409 g/mol. The van der Waals surface area contributed by atoms with Crippen molar-refractivity contribution in [1.29, 1.82) is 0 Å². The fourth-order valence-corrected chi connectivity index (χ4v) is 4.00. The smallest absolute Gasteiger partial charge is 0.325 e. The fourth-order valence-electron chi connectivity index (χ4n) is 3.81. The average Bonchev–Trinajstić information content (AvgIpc) is 3.28. The molecule has 2 aliphatic rings. The van der Waals surface area contributed by atoms with Crippen LogP contribution in [0.2, 0.25) is 5.02 Å².